The van der Waals surface area contributed by atoms with Gasteiger partial charge in [0.1, 0.15) is 5.75 Å². The van der Waals surface area contributed by atoms with E-state index in [9.17, 15) is 10.1 Å². The zero-order chi connectivity index (χ0) is 15.7. The Kier molecular flexibility index (Phi) is 4.03. The van der Waals surface area contributed by atoms with Gasteiger partial charge in [0, 0.05) is 11.6 Å². The lowest BCUT2D eigenvalue weighted by atomic mass is 9.88. The topological polar surface area (TPSA) is 52.4 Å². The quantitative estimate of drug-likeness (QED) is 0.603. The minimum atomic E-state index is -0.403. The highest BCUT2D eigenvalue weighted by atomic mass is 35.5. The predicted octanol–water partition coefficient (Wildman–Crippen LogP) is 4.80. The molecule has 4 nitrogen and oxygen atoms in total. The Morgan fingerprint density at radius 2 is 1.86 bits per heavy atom. The lowest BCUT2D eigenvalue weighted by Gasteiger charge is -2.19. The van der Waals surface area contributed by atoms with E-state index < -0.39 is 4.92 Å². The Morgan fingerprint density at radius 1 is 1.18 bits per heavy atom. The Bertz CT molecular complexity index is 743. The monoisotopic (exact) mass is 317 g/mol. The molecule has 5 heteroatoms. The number of hydrogen-bond donors (Lipinski definition) is 0. The molecule has 0 bridgehead atoms. The summed E-state index contributed by atoms with van der Waals surface area (Å²) in [6.45, 7) is 0. The van der Waals surface area contributed by atoms with Crippen LogP contribution in [0.2, 0.25) is 5.02 Å². The summed E-state index contributed by atoms with van der Waals surface area (Å²) in [7, 11) is 1.58. The fraction of sp³-hybridized carbons (Fsp3) is 0.294. The van der Waals surface area contributed by atoms with Crippen molar-refractivity contribution in [1.29, 1.82) is 0 Å². The van der Waals surface area contributed by atoms with E-state index in [2.05, 4.69) is 0 Å². The van der Waals surface area contributed by atoms with Crippen molar-refractivity contribution in [3.63, 3.8) is 0 Å². The number of nitrogens with zero attached hydrogens (tertiary/aromatic N) is 1. The van der Waals surface area contributed by atoms with E-state index in [4.69, 9.17) is 16.3 Å². The van der Waals surface area contributed by atoms with E-state index >= 15 is 0 Å². The average molecular weight is 318 g/mol. The van der Waals surface area contributed by atoms with Gasteiger partial charge in [-0.3, -0.25) is 10.1 Å². The number of nitro groups is 1. The largest absolute Gasteiger partial charge is 0.496 e. The SMILES string of the molecule is COc1cc2c(cc1-c1c(Cl)cccc1[N+](=O)[O-])CCCC2. The van der Waals surface area contributed by atoms with Crippen molar-refractivity contribution in [2.75, 3.05) is 7.11 Å². The number of hydrogen-bond acceptors (Lipinski definition) is 3. The second-order valence-corrected chi connectivity index (χ2v) is 5.83. The number of halogens is 1. The Hall–Kier alpha value is -2.07. The molecule has 1 aliphatic rings. The van der Waals surface area contributed by atoms with Crippen LogP contribution in [-0.2, 0) is 12.8 Å². The summed E-state index contributed by atoms with van der Waals surface area (Å²) < 4.78 is 5.47. The van der Waals surface area contributed by atoms with Gasteiger partial charge in [0.15, 0.2) is 0 Å². The van der Waals surface area contributed by atoms with Crippen molar-refractivity contribution in [3.05, 3.63) is 56.6 Å². The zero-order valence-corrected chi connectivity index (χ0v) is 13.0. The summed E-state index contributed by atoms with van der Waals surface area (Å²) in [4.78, 5) is 10.9. The van der Waals surface area contributed by atoms with Gasteiger partial charge < -0.3 is 4.74 Å². The third-order valence-electron chi connectivity index (χ3n) is 4.12. The number of aryl methyl sites for hydroxylation is 2. The van der Waals surface area contributed by atoms with Crippen molar-refractivity contribution in [2.45, 2.75) is 25.7 Å². The predicted molar refractivity (Wildman–Crippen MR) is 86.7 cm³/mol. The van der Waals surface area contributed by atoms with Crippen LogP contribution < -0.4 is 4.74 Å². The van der Waals surface area contributed by atoms with Gasteiger partial charge in [-0.2, -0.15) is 0 Å². The number of methoxy groups -OCH3 is 1. The standard InChI is InChI=1S/C17H16ClNO3/c1-22-16-10-12-6-3-2-5-11(12)9-13(16)17-14(18)7-4-8-15(17)19(20)21/h4,7-10H,2-3,5-6H2,1H3. The molecule has 3 rings (SSSR count). The molecule has 0 radical (unpaired) electrons. The van der Waals surface area contributed by atoms with Gasteiger partial charge >= 0.3 is 0 Å². The van der Waals surface area contributed by atoms with Gasteiger partial charge in [0.05, 0.1) is 22.6 Å². The van der Waals surface area contributed by atoms with Gasteiger partial charge in [-0.05, 0) is 55.0 Å². The van der Waals surface area contributed by atoms with Crippen LogP contribution >= 0.6 is 11.6 Å². The molecule has 0 saturated carbocycles. The third-order valence-corrected chi connectivity index (χ3v) is 4.44. The fourth-order valence-electron chi connectivity index (χ4n) is 3.06. The number of fused-ring (bicyclic) bond motifs is 1. The molecule has 0 saturated heterocycles. The van der Waals surface area contributed by atoms with Crippen molar-refractivity contribution >= 4 is 17.3 Å². The summed E-state index contributed by atoms with van der Waals surface area (Å²) >= 11 is 6.26. The number of benzene rings is 2. The van der Waals surface area contributed by atoms with Crippen LogP contribution in [0.15, 0.2) is 30.3 Å². The summed E-state index contributed by atoms with van der Waals surface area (Å²) in [5, 5.41) is 11.7. The summed E-state index contributed by atoms with van der Waals surface area (Å²) in [6, 6.07) is 8.73. The first kappa shape index (κ1) is 14.9. The van der Waals surface area contributed by atoms with Crippen LogP contribution in [-0.4, -0.2) is 12.0 Å². The van der Waals surface area contributed by atoms with Crippen molar-refractivity contribution < 1.29 is 9.66 Å². The molecule has 2 aromatic rings. The maximum atomic E-state index is 11.3. The lowest BCUT2D eigenvalue weighted by Crippen LogP contribution is -2.04. The molecule has 22 heavy (non-hydrogen) atoms. The fourth-order valence-corrected chi connectivity index (χ4v) is 3.33. The molecule has 0 atom stereocenters. The zero-order valence-electron chi connectivity index (χ0n) is 12.3. The van der Waals surface area contributed by atoms with Crippen LogP contribution in [0.4, 0.5) is 5.69 Å². The van der Waals surface area contributed by atoms with E-state index in [-0.39, 0.29) is 5.69 Å². The van der Waals surface area contributed by atoms with Crippen molar-refractivity contribution in [1.82, 2.24) is 0 Å². The van der Waals surface area contributed by atoms with Crippen molar-refractivity contribution in [3.8, 4) is 16.9 Å². The van der Waals surface area contributed by atoms with E-state index in [1.165, 1.54) is 23.6 Å². The molecule has 1 aliphatic carbocycles. The minimum absolute atomic E-state index is 0.00144. The highest BCUT2D eigenvalue weighted by Crippen LogP contribution is 2.43. The molecule has 0 aromatic heterocycles. The number of rotatable bonds is 3. The normalized spacial score (nSPS) is 13.5. The molecule has 0 N–H and O–H groups in total. The van der Waals surface area contributed by atoms with Crippen LogP contribution in [0.3, 0.4) is 0 Å². The van der Waals surface area contributed by atoms with Crippen molar-refractivity contribution in [2.24, 2.45) is 0 Å². The summed E-state index contributed by atoms with van der Waals surface area (Å²) in [6.07, 6.45) is 4.33. The highest BCUT2D eigenvalue weighted by molar-refractivity contribution is 6.34. The van der Waals surface area contributed by atoms with Gasteiger partial charge in [-0.25, -0.2) is 0 Å². The summed E-state index contributed by atoms with van der Waals surface area (Å²) in [5.74, 6) is 0.636. The number of ether oxygens (including phenoxy) is 1. The first-order valence-electron chi connectivity index (χ1n) is 7.25. The minimum Gasteiger partial charge on any atom is -0.496 e. The molecule has 2 aromatic carbocycles. The second-order valence-electron chi connectivity index (χ2n) is 5.42. The Morgan fingerprint density at radius 3 is 2.50 bits per heavy atom. The smallest absolute Gasteiger partial charge is 0.278 e. The third kappa shape index (κ3) is 2.55. The number of nitro benzene ring substituents is 1. The molecule has 0 fully saturated rings. The first-order valence-corrected chi connectivity index (χ1v) is 7.62. The molecular formula is C17H16ClNO3. The first-order chi connectivity index (χ1) is 10.6. The van der Waals surface area contributed by atoms with Gasteiger partial charge in [-0.15, -0.1) is 0 Å². The van der Waals surface area contributed by atoms with E-state index in [1.54, 1.807) is 19.2 Å². The highest BCUT2D eigenvalue weighted by Gasteiger charge is 2.23. The lowest BCUT2D eigenvalue weighted by molar-refractivity contribution is -0.384. The van der Waals surface area contributed by atoms with Gasteiger partial charge in [0.25, 0.3) is 5.69 Å². The van der Waals surface area contributed by atoms with Gasteiger partial charge in [0.2, 0.25) is 0 Å². The maximum Gasteiger partial charge on any atom is 0.278 e. The summed E-state index contributed by atoms with van der Waals surface area (Å²) in [5.41, 5.74) is 3.62. The average Bonchev–Trinajstić information content (AvgIpc) is 2.53. The molecule has 0 aliphatic heterocycles. The molecule has 0 unspecified atom stereocenters. The second kappa shape index (κ2) is 5.97. The Labute approximate surface area is 133 Å². The molecule has 0 heterocycles. The van der Waals surface area contributed by atoms with Crippen LogP contribution in [0.25, 0.3) is 11.1 Å². The van der Waals surface area contributed by atoms with E-state index in [0.29, 0.717) is 21.9 Å². The van der Waals surface area contributed by atoms with Crippen LogP contribution in [0, 0.1) is 10.1 Å². The van der Waals surface area contributed by atoms with Gasteiger partial charge in [-0.1, -0.05) is 17.7 Å². The molecular weight excluding hydrogens is 302 g/mol. The van der Waals surface area contributed by atoms with E-state index in [0.717, 1.165) is 19.3 Å². The van der Waals surface area contributed by atoms with Crippen LogP contribution in [0.5, 0.6) is 5.75 Å². The molecule has 0 amide bonds. The maximum absolute atomic E-state index is 11.3. The molecule has 0 spiro atoms. The van der Waals surface area contributed by atoms with Crippen LogP contribution in [0.1, 0.15) is 24.0 Å². The molecule has 114 valence electrons. The van der Waals surface area contributed by atoms with E-state index in [1.807, 2.05) is 12.1 Å². The Balaban J connectivity index is 2.26.